The number of hydrogen-bond acceptors (Lipinski definition) is 3. The van der Waals surface area contributed by atoms with Gasteiger partial charge >= 0.3 is 0 Å². The average Bonchev–Trinajstić information content (AvgIpc) is 3.23. The fourth-order valence-corrected chi connectivity index (χ4v) is 4.74. The fourth-order valence-electron chi connectivity index (χ4n) is 4.48. The van der Waals surface area contributed by atoms with Crippen LogP contribution in [-0.2, 0) is 13.1 Å². The standard InChI is InChI=1S/C28H25ClN2O3/c1-3-34-26-13-7-5-11-21(26)22-16-27(33-2)23(15-24(22)29)28(32)31-18-20-10-8-14-30(20)17-19-9-4-6-12-25(19)31/h4-16H,3,17-18H2,1-2H3. The molecule has 1 aliphatic heterocycles. The van der Waals surface area contributed by atoms with Gasteiger partial charge in [-0.25, -0.2) is 0 Å². The van der Waals surface area contributed by atoms with Crippen molar-refractivity contribution in [1.82, 2.24) is 4.57 Å². The lowest BCUT2D eigenvalue weighted by molar-refractivity contribution is 0.0982. The molecule has 1 aliphatic rings. The van der Waals surface area contributed by atoms with E-state index in [-0.39, 0.29) is 5.91 Å². The summed E-state index contributed by atoms with van der Waals surface area (Å²) in [6.45, 7) is 3.65. The molecular formula is C28H25ClN2O3. The van der Waals surface area contributed by atoms with Gasteiger partial charge in [0, 0.05) is 40.3 Å². The van der Waals surface area contributed by atoms with Gasteiger partial charge in [-0.05, 0) is 48.9 Å². The van der Waals surface area contributed by atoms with Crippen molar-refractivity contribution in [3.05, 3.63) is 101 Å². The van der Waals surface area contributed by atoms with Crippen molar-refractivity contribution in [3.63, 3.8) is 0 Å². The van der Waals surface area contributed by atoms with E-state index in [1.54, 1.807) is 18.1 Å². The van der Waals surface area contributed by atoms with Gasteiger partial charge in [-0.15, -0.1) is 0 Å². The number of carbonyl (C=O) groups excluding carboxylic acids is 1. The summed E-state index contributed by atoms with van der Waals surface area (Å²) in [7, 11) is 1.57. The van der Waals surface area contributed by atoms with E-state index < -0.39 is 0 Å². The summed E-state index contributed by atoms with van der Waals surface area (Å²) < 4.78 is 13.7. The van der Waals surface area contributed by atoms with Crippen molar-refractivity contribution in [3.8, 4) is 22.6 Å². The number of rotatable bonds is 5. The third kappa shape index (κ3) is 3.93. The van der Waals surface area contributed by atoms with Crippen molar-refractivity contribution in [1.29, 1.82) is 0 Å². The molecule has 0 aliphatic carbocycles. The van der Waals surface area contributed by atoms with Crippen LogP contribution >= 0.6 is 11.6 Å². The molecule has 0 saturated carbocycles. The number of ether oxygens (including phenoxy) is 2. The second-order valence-corrected chi connectivity index (χ2v) is 8.52. The van der Waals surface area contributed by atoms with Crippen LogP contribution in [0.5, 0.6) is 11.5 Å². The van der Waals surface area contributed by atoms with Gasteiger partial charge in [0.1, 0.15) is 11.5 Å². The Morgan fingerprint density at radius 3 is 2.56 bits per heavy atom. The molecule has 4 aromatic rings. The van der Waals surface area contributed by atoms with Gasteiger partial charge in [-0.1, -0.05) is 48.0 Å². The summed E-state index contributed by atoms with van der Waals surface area (Å²) in [6.07, 6.45) is 2.04. The van der Waals surface area contributed by atoms with Gasteiger partial charge in [0.25, 0.3) is 5.91 Å². The fraction of sp³-hybridized carbons (Fsp3) is 0.179. The molecule has 0 fully saturated rings. The number of fused-ring (bicyclic) bond motifs is 2. The molecule has 5 rings (SSSR count). The number of carbonyl (C=O) groups is 1. The molecule has 172 valence electrons. The molecule has 0 bridgehead atoms. The second-order valence-electron chi connectivity index (χ2n) is 8.11. The normalized spacial score (nSPS) is 12.5. The number of methoxy groups -OCH3 is 1. The van der Waals surface area contributed by atoms with Crippen LogP contribution in [0.2, 0.25) is 5.02 Å². The van der Waals surface area contributed by atoms with E-state index >= 15 is 0 Å². The topological polar surface area (TPSA) is 43.7 Å². The van der Waals surface area contributed by atoms with Crippen LogP contribution < -0.4 is 14.4 Å². The smallest absolute Gasteiger partial charge is 0.262 e. The number of hydrogen-bond donors (Lipinski definition) is 0. The lowest BCUT2D eigenvalue weighted by Crippen LogP contribution is -2.31. The molecule has 0 N–H and O–H groups in total. The predicted octanol–water partition coefficient (Wildman–Crippen LogP) is 6.42. The highest BCUT2D eigenvalue weighted by Crippen LogP contribution is 2.40. The minimum atomic E-state index is -0.162. The third-order valence-electron chi connectivity index (χ3n) is 6.11. The van der Waals surface area contributed by atoms with E-state index in [1.165, 1.54) is 0 Å². The summed E-state index contributed by atoms with van der Waals surface area (Å²) in [6, 6.07) is 23.3. The zero-order valence-corrected chi connectivity index (χ0v) is 19.9. The Balaban J connectivity index is 1.60. The Labute approximate surface area is 204 Å². The maximum absolute atomic E-state index is 13.9. The number of benzene rings is 3. The lowest BCUT2D eigenvalue weighted by atomic mass is 10.0. The number of aromatic nitrogens is 1. The van der Waals surface area contributed by atoms with Crippen molar-refractivity contribution < 1.29 is 14.3 Å². The van der Waals surface area contributed by atoms with Crippen LogP contribution in [-0.4, -0.2) is 24.2 Å². The van der Waals surface area contributed by atoms with E-state index in [0.29, 0.717) is 36.0 Å². The first-order chi connectivity index (χ1) is 16.6. The monoisotopic (exact) mass is 472 g/mol. The molecule has 3 aromatic carbocycles. The first kappa shape index (κ1) is 22.1. The summed E-state index contributed by atoms with van der Waals surface area (Å²) >= 11 is 6.76. The molecule has 1 aromatic heterocycles. The summed E-state index contributed by atoms with van der Waals surface area (Å²) in [5.41, 5.74) is 5.06. The highest BCUT2D eigenvalue weighted by molar-refractivity contribution is 6.34. The number of anilines is 1. The van der Waals surface area contributed by atoms with Crippen LogP contribution in [0, 0.1) is 0 Å². The second kappa shape index (κ2) is 9.27. The number of para-hydroxylation sites is 2. The van der Waals surface area contributed by atoms with E-state index in [0.717, 1.165) is 33.8 Å². The van der Waals surface area contributed by atoms with Crippen molar-refractivity contribution in [2.75, 3.05) is 18.6 Å². The summed E-state index contributed by atoms with van der Waals surface area (Å²) in [5.74, 6) is 1.04. The van der Waals surface area contributed by atoms with Gasteiger partial charge in [0.05, 0.1) is 25.8 Å². The molecule has 6 heteroatoms. The SMILES string of the molecule is CCOc1ccccc1-c1cc(OC)c(C(=O)N2Cc3cccn3Cc3ccccc32)cc1Cl. The lowest BCUT2D eigenvalue weighted by Gasteiger charge is -2.24. The van der Waals surface area contributed by atoms with Crippen molar-refractivity contribution in [2.45, 2.75) is 20.0 Å². The van der Waals surface area contributed by atoms with Crippen LogP contribution in [0.15, 0.2) is 79.0 Å². The number of halogens is 1. The van der Waals surface area contributed by atoms with Crippen LogP contribution in [0.25, 0.3) is 11.1 Å². The van der Waals surface area contributed by atoms with E-state index in [4.69, 9.17) is 21.1 Å². The molecular weight excluding hydrogens is 448 g/mol. The van der Waals surface area contributed by atoms with Gasteiger partial charge < -0.3 is 18.9 Å². The van der Waals surface area contributed by atoms with Gasteiger partial charge in [-0.2, -0.15) is 0 Å². The number of amides is 1. The molecule has 0 spiro atoms. The summed E-state index contributed by atoms with van der Waals surface area (Å²) in [5, 5.41) is 0.461. The molecule has 0 saturated heterocycles. The maximum atomic E-state index is 13.9. The Morgan fingerprint density at radius 2 is 1.74 bits per heavy atom. The number of nitrogens with zero attached hydrogens (tertiary/aromatic N) is 2. The zero-order chi connectivity index (χ0) is 23.7. The van der Waals surface area contributed by atoms with E-state index in [2.05, 4.69) is 10.6 Å². The van der Waals surface area contributed by atoms with E-state index in [1.807, 2.05) is 73.8 Å². The Morgan fingerprint density at radius 1 is 0.941 bits per heavy atom. The van der Waals surface area contributed by atoms with Crippen LogP contribution in [0.4, 0.5) is 5.69 Å². The van der Waals surface area contributed by atoms with Crippen LogP contribution in [0.3, 0.4) is 0 Å². The average molecular weight is 473 g/mol. The maximum Gasteiger partial charge on any atom is 0.262 e. The zero-order valence-electron chi connectivity index (χ0n) is 19.1. The molecule has 5 nitrogen and oxygen atoms in total. The van der Waals surface area contributed by atoms with Gasteiger partial charge in [0.2, 0.25) is 0 Å². The predicted molar refractivity (Wildman–Crippen MR) is 135 cm³/mol. The quantitative estimate of drug-likeness (QED) is 0.336. The van der Waals surface area contributed by atoms with Crippen LogP contribution in [0.1, 0.15) is 28.5 Å². The molecule has 34 heavy (non-hydrogen) atoms. The molecule has 0 radical (unpaired) electrons. The Kier molecular flexibility index (Phi) is 6.03. The highest BCUT2D eigenvalue weighted by atomic mass is 35.5. The molecule has 1 amide bonds. The first-order valence-electron chi connectivity index (χ1n) is 11.2. The van der Waals surface area contributed by atoms with Crippen molar-refractivity contribution >= 4 is 23.2 Å². The Bertz CT molecular complexity index is 1360. The molecule has 2 heterocycles. The third-order valence-corrected chi connectivity index (χ3v) is 6.42. The molecule has 0 atom stereocenters. The summed E-state index contributed by atoms with van der Waals surface area (Å²) in [4.78, 5) is 15.8. The van der Waals surface area contributed by atoms with Gasteiger partial charge in [-0.3, -0.25) is 4.79 Å². The highest BCUT2D eigenvalue weighted by Gasteiger charge is 2.28. The minimum Gasteiger partial charge on any atom is -0.496 e. The Hall–Kier alpha value is -3.70. The van der Waals surface area contributed by atoms with Crippen molar-refractivity contribution in [2.24, 2.45) is 0 Å². The molecule has 0 unspecified atom stereocenters. The van der Waals surface area contributed by atoms with E-state index in [9.17, 15) is 4.79 Å². The first-order valence-corrected chi connectivity index (χ1v) is 11.6. The minimum absolute atomic E-state index is 0.162. The largest absolute Gasteiger partial charge is 0.496 e. The van der Waals surface area contributed by atoms with Gasteiger partial charge in [0.15, 0.2) is 0 Å².